The van der Waals surface area contributed by atoms with Gasteiger partial charge in [-0.2, -0.15) is 0 Å². The van der Waals surface area contributed by atoms with E-state index < -0.39 is 0 Å². The van der Waals surface area contributed by atoms with Crippen LogP contribution in [0.2, 0.25) is 0 Å². The summed E-state index contributed by atoms with van der Waals surface area (Å²) in [5.41, 5.74) is 1.07. The second-order valence-electron chi connectivity index (χ2n) is 4.57. The van der Waals surface area contributed by atoms with Gasteiger partial charge in [-0.15, -0.1) is 20.4 Å². The van der Waals surface area contributed by atoms with E-state index in [-0.39, 0.29) is 0 Å². The molecule has 8 heteroatoms. The van der Waals surface area contributed by atoms with Crippen LogP contribution in [-0.4, -0.2) is 38.7 Å². The molecular weight excluding hydrogens is 300 g/mol. The van der Waals surface area contributed by atoms with E-state index >= 15 is 0 Å². The summed E-state index contributed by atoms with van der Waals surface area (Å²) in [6, 6.07) is 10.00. The third-order valence-corrected chi connectivity index (χ3v) is 4.01. The zero-order valence-corrected chi connectivity index (χ0v) is 13.0. The van der Waals surface area contributed by atoms with E-state index in [2.05, 4.69) is 25.7 Å². The van der Waals surface area contributed by atoms with Gasteiger partial charge in [0.25, 0.3) is 0 Å². The van der Waals surface area contributed by atoms with Crippen molar-refractivity contribution in [3.05, 3.63) is 42.5 Å². The molecule has 0 aliphatic carbocycles. The summed E-state index contributed by atoms with van der Waals surface area (Å²) in [7, 11) is 1.68. The quantitative estimate of drug-likeness (QED) is 0.719. The van der Waals surface area contributed by atoms with E-state index in [4.69, 9.17) is 4.74 Å². The van der Waals surface area contributed by atoms with Crippen molar-refractivity contribution < 1.29 is 4.74 Å². The molecule has 0 fully saturated rings. The normalized spacial score (nSPS) is 10.8. The highest BCUT2D eigenvalue weighted by Crippen LogP contribution is 2.25. The highest BCUT2D eigenvalue weighted by atomic mass is 32.1. The van der Waals surface area contributed by atoms with Gasteiger partial charge in [0.2, 0.25) is 5.13 Å². The average molecular weight is 316 g/mol. The Bertz CT molecular complexity index is 711. The molecule has 0 bridgehead atoms. The predicted octanol–water partition coefficient (Wildman–Crippen LogP) is 2.06. The van der Waals surface area contributed by atoms with Gasteiger partial charge in [0, 0.05) is 19.2 Å². The van der Waals surface area contributed by atoms with E-state index in [1.807, 2.05) is 34.9 Å². The Morgan fingerprint density at radius 3 is 2.86 bits per heavy atom. The molecule has 0 amide bonds. The largest absolute Gasteiger partial charge is 0.383 e. The zero-order valence-electron chi connectivity index (χ0n) is 12.1. The van der Waals surface area contributed by atoms with Crippen molar-refractivity contribution in [1.29, 1.82) is 0 Å². The Hall–Kier alpha value is -2.32. The van der Waals surface area contributed by atoms with Gasteiger partial charge < -0.3 is 14.6 Å². The number of aromatic nitrogens is 5. The molecule has 3 rings (SSSR count). The third-order valence-electron chi connectivity index (χ3n) is 3.08. The first-order chi connectivity index (χ1) is 10.9. The standard InChI is InChI=1S/C14H16N6OS/c1-21-8-7-20-10-16-17-12(20)9-15-14-19-18-13(22-14)11-5-3-2-4-6-11/h2-6,10H,7-9H2,1H3,(H,15,19). The van der Waals surface area contributed by atoms with Crippen molar-refractivity contribution >= 4 is 16.5 Å². The lowest BCUT2D eigenvalue weighted by Crippen LogP contribution is -2.11. The molecule has 0 spiro atoms. The third kappa shape index (κ3) is 3.46. The van der Waals surface area contributed by atoms with Crippen LogP contribution in [0, 0.1) is 0 Å². The lowest BCUT2D eigenvalue weighted by atomic mass is 10.2. The molecule has 2 aromatic heterocycles. The number of benzene rings is 1. The van der Waals surface area contributed by atoms with Crippen LogP contribution in [-0.2, 0) is 17.8 Å². The van der Waals surface area contributed by atoms with Crippen LogP contribution in [0.1, 0.15) is 5.82 Å². The van der Waals surface area contributed by atoms with E-state index in [0.717, 1.165) is 28.1 Å². The van der Waals surface area contributed by atoms with Crippen LogP contribution in [0.3, 0.4) is 0 Å². The minimum atomic E-state index is 0.549. The SMILES string of the molecule is COCCn1cnnc1CNc1nnc(-c2ccccc2)s1. The Labute approximate surface area is 132 Å². The van der Waals surface area contributed by atoms with Crippen LogP contribution in [0.4, 0.5) is 5.13 Å². The topological polar surface area (TPSA) is 77.8 Å². The molecule has 0 saturated carbocycles. The molecule has 0 unspecified atom stereocenters. The highest BCUT2D eigenvalue weighted by Gasteiger charge is 2.08. The summed E-state index contributed by atoms with van der Waals surface area (Å²) in [5, 5.41) is 21.3. The van der Waals surface area contributed by atoms with Crippen molar-refractivity contribution in [2.24, 2.45) is 0 Å². The van der Waals surface area contributed by atoms with Crippen molar-refractivity contribution in [3.8, 4) is 10.6 Å². The van der Waals surface area contributed by atoms with Gasteiger partial charge in [-0.3, -0.25) is 0 Å². The summed E-state index contributed by atoms with van der Waals surface area (Å²) in [6.07, 6.45) is 1.70. The van der Waals surface area contributed by atoms with E-state index in [1.165, 1.54) is 11.3 Å². The van der Waals surface area contributed by atoms with Gasteiger partial charge in [0.1, 0.15) is 11.3 Å². The number of methoxy groups -OCH3 is 1. The van der Waals surface area contributed by atoms with E-state index in [0.29, 0.717) is 13.2 Å². The lowest BCUT2D eigenvalue weighted by molar-refractivity contribution is 0.186. The minimum Gasteiger partial charge on any atom is -0.383 e. The van der Waals surface area contributed by atoms with Crippen LogP contribution >= 0.6 is 11.3 Å². The molecule has 0 saturated heterocycles. The van der Waals surface area contributed by atoms with Crippen LogP contribution in [0.15, 0.2) is 36.7 Å². The fourth-order valence-electron chi connectivity index (χ4n) is 1.94. The molecule has 1 aromatic carbocycles. The van der Waals surface area contributed by atoms with Gasteiger partial charge in [-0.25, -0.2) is 0 Å². The molecule has 0 atom stereocenters. The highest BCUT2D eigenvalue weighted by molar-refractivity contribution is 7.18. The molecule has 7 nitrogen and oxygen atoms in total. The monoisotopic (exact) mass is 316 g/mol. The Morgan fingerprint density at radius 2 is 2.05 bits per heavy atom. The van der Waals surface area contributed by atoms with Gasteiger partial charge in [-0.05, 0) is 0 Å². The number of rotatable bonds is 7. The maximum Gasteiger partial charge on any atom is 0.206 e. The van der Waals surface area contributed by atoms with Crippen molar-refractivity contribution in [3.63, 3.8) is 0 Å². The predicted molar refractivity (Wildman–Crippen MR) is 84.6 cm³/mol. The van der Waals surface area contributed by atoms with Crippen LogP contribution in [0.25, 0.3) is 10.6 Å². The second-order valence-corrected chi connectivity index (χ2v) is 5.54. The first kappa shape index (κ1) is 14.6. The first-order valence-electron chi connectivity index (χ1n) is 6.85. The number of nitrogens with zero attached hydrogens (tertiary/aromatic N) is 5. The molecule has 0 aliphatic heterocycles. The summed E-state index contributed by atoms with van der Waals surface area (Å²) in [4.78, 5) is 0. The molecule has 3 aromatic rings. The Morgan fingerprint density at radius 1 is 1.18 bits per heavy atom. The Kier molecular flexibility index (Phi) is 4.71. The van der Waals surface area contributed by atoms with Crippen molar-refractivity contribution in [1.82, 2.24) is 25.0 Å². The number of ether oxygens (including phenoxy) is 1. The van der Waals surface area contributed by atoms with E-state index in [9.17, 15) is 0 Å². The summed E-state index contributed by atoms with van der Waals surface area (Å²) >= 11 is 1.52. The van der Waals surface area contributed by atoms with Crippen molar-refractivity contribution in [2.45, 2.75) is 13.1 Å². The molecule has 0 aliphatic rings. The maximum absolute atomic E-state index is 5.07. The molecule has 0 radical (unpaired) electrons. The number of anilines is 1. The number of hydrogen-bond donors (Lipinski definition) is 1. The first-order valence-corrected chi connectivity index (χ1v) is 7.67. The van der Waals surface area contributed by atoms with Crippen LogP contribution in [0.5, 0.6) is 0 Å². The van der Waals surface area contributed by atoms with Gasteiger partial charge >= 0.3 is 0 Å². The second kappa shape index (κ2) is 7.10. The Balaban J connectivity index is 1.63. The fraction of sp³-hybridized carbons (Fsp3) is 0.286. The molecular formula is C14H16N6OS. The number of nitrogens with one attached hydrogen (secondary N) is 1. The summed E-state index contributed by atoms with van der Waals surface area (Å²) in [6.45, 7) is 1.90. The zero-order chi connectivity index (χ0) is 15.2. The van der Waals surface area contributed by atoms with Crippen LogP contribution < -0.4 is 5.32 Å². The lowest BCUT2D eigenvalue weighted by Gasteiger charge is -2.05. The average Bonchev–Trinajstić information content (AvgIpc) is 3.21. The minimum absolute atomic E-state index is 0.549. The summed E-state index contributed by atoms with van der Waals surface area (Å²) in [5.74, 6) is 0.841. The maximum atomic E-state index is 5.07. The molecule has 22 heavy (non-hydrogen) atoms. The summed E-state index contributed by atoms with van der Waals surface area (Å²) < 4.78 is 7.02. The molecule has 2 heterocycles. The van der Waals surface area contributed by atoms with E-state index in [1.54, 1.807) is 13.4 Å². The molecule has 114 valence electrons. The fourth-order valence-corrected chi connectivity index (χ4v) is 2.68. The van der Waals surface area contributed by atoms with Gasteiger partial charge in [-0.1, -0.05) is 41.7 Å². The van der Waals surface area contributed by atoms with Gasteiger partial charge in [0.05, 0.1) is 13.2 Å². The number of hydrogen-bond acceptors (Lipinski definition) is 7. The van der Waals surface area contributed by atoms with Crippen molar-refractivity contribution in [2.75, 3.05) is 19.0 Å². The molecule has 1 N–H and O–H groups in total. The van der Waals surface area contributed by atoms with Gasteiger partial charge in [0.15, 0.2) is 5.82 Å². The smallest absolute Gasteiger partial charge is 0.206 e.